The lowest BCUT2D eigenvalue weighted by molar-refractivity contribution is -0.137. The Balaban J connectivity index is 1.81. The van der Waals surface area contributed by atoms with Crippen molar-refractivity contribution in [2.24, 2.45) is 0 Å². The number of benzene rings is 3. The number of hydrogen-bond donors (Lipinski definition) is 2. The molecule has 0 bridgehead atoms. The summed E-state index contributed by atoms with van der Waals surface area (Å²) < 4.78 is 72.2. The van der Waals surface area contributed by atoms with Gasteiger partial charge in [0, 0.05) is 5.56 Å². The highest BCUT2D eigenvalue weighted by molar-refractivity contribution is 9.10. The van der Waals surface area contributed by atoms with Crippen LogP contribution in [0.2, 0.25) is 5.02 Å². The Kier molecular flexibility index (Phi) is 7.79. The second-order valence-electron chi connectivity index (χ2n) is 6.85. The number of anilines is 2. The van der Waals surface area contributed by atoms with Crippen LogP contribution >= 0.6 is 27.5 Å². The number of halogens is 5. The fourth-order valence-electron chi connectivity index (χ4n) is 2.82. The van der Waals surface area contributed by atoms with Gasteiger partial charge < -0.3 is 10.1 Å². The Morgan fingerprint density at radius 1 is 1.06 bits per heavy atom. The largest absolute Gasteiger partial charge is 0.493 e. The second kappa shape index (κ2) is 10.2. The molecule has 0 aliphatic carbocycles. The van der Waals surface area contributed by atoms with E-state index < -0.39 is 27.7 Å². The molecule has 6 nitrogen and oxygen atoms in total. The molecule has 180 valence electrons. The summed E-state index contributed by atoms with van der Waals surface area (Å²) in [6.07, 6.45) is -4.53. The van der Waals surface area contributed by atoms with E-state index in [0.717, 1.165) is 30.3 Å². The minimum atomic E-state index is -4.53. The molecule has 0 aliphatic rings. The summed E-state index contributed by atoms with van der Waals surface area (Å²) in [4.78, 5) is 12.3. The van der Waals surface area contributed by atoms with Crippen LogP contribution in [0.5, 0.6) is 5.75 Å². The number of ether oxygens (including phenoxy) is 1. The molecule has 3 aromatic carbocycles. The summed E-state index contributed by atoms with van der Waals surface area (Å²) in [6, 6.07) is 11.9. The van der Waals surface area contributed by atoms with Crippen molar-refractivity contribution in [3.05, 3.63) is 81.3 Å². The van der Waals surface area contributed by atoms with E-state index in [1.54, 1.807) is 6.07 Å². The summed E-state index contributed by atoms with van der Waals surface area (Å²) in [6.45, 7) is 2.26. The highest BCUT2D eigenvalue weighted by Crippen LogP contribution is 2.32. The van der Waals surface area contributed by atoms with Crippen LogP contribution in [0, 0.1) is 0 Å². The van der Waals surface area contributed by atoms with E-state index in [2.05, 4.69) is 26.0 Å². The van der Waals surface area contributed by atoms with E-state index in [-0.39, 0.29) is 26.9 Å². The van der Waals surface area contributed by atoms with Crippen LogP contribution in [0.15, 0.2) is 70.0 Å². The number of sulfonamides is 1. The summed E-state index contributed by atoms with van der Waals surface area (Å²) in [5.74, 6) is -0.209. The van der Waals surface area contributed by atoms with Gasteiger partial charge in [-0.3, -0.25) is 9.52 Å². The normalized spacial score (nSPS) is 11.7. The third-order valence-corrected chi connectivity index (χ3v) is 6.78. The average Bonchev–Trinajstić information content (AvgIpc) is 2.76. The van der Waals surface area contributed by atoms with Crippen LogP contribution in [0.25, 0.3) is 0 Å². The first-order valence-corrected chi connectivity index (χ1v) is 12.3. The Morgan fingerprint density at radius 3 is 2.32 bits per heavy atom. The number of rotatable bonds is 7. The monoisotopic (exact) mass is 576 g/mol. The molecule has 0 atom stereocenters. The predicted octanol–water partition coefficient (Wildman–Crippen LogP) is 6.57. The van der Waals surface area contributed by atoms with Crippen molar-refractivity contribution in [3.63, 3.8) is 0 Å². The van der Waals surface area contributed by atoms with Crippen LogP contribution < -0.4 is 14.8 Å². The number of carbonyl (C=O) groups is 1. The van der Waals surface area contributed by atoms with Gasteiger partial charge in [-0.05, 0) is 83.5 Å². The van der Waals surface area contributed by atoms with Crippen molar-refractivity contribution in [3.8, 4) is 5.75 Å². The van der Waals surface area contributed by atoms with E-state index in [1.165, 1.54) is 24.3 Å². The SMILES string of the molecule is CCOc1ccc(NS(=O)(=O)c2ccc(Cl)c(NC(=O)c3ccc(C(F)(F)F)cc3)c2)cc1Br. The van der Waals surface area contributed by atoms with Crippen molar-refractivity contribution >= 4 is 54.8 Å². The molecule has 34 heavy (non-hydrogen) atoms. The molecule has 3 aromatic rings. The fourth-order valence-corrected chi connectivity index (χ4v) is 4.56. The number of carbonyl (C=O) groups excluding carboxylic acids is 1. The molecule has 0 aromatic heterocycles. The zero-order valence-corrected chi connectivity index (χ0v) is 20.6. The number of alkyl halides is 3. The molecule has 1 amide bonds. The lowest BCUT2D eigenvalue weighted by atomic mass is 10.1. The van der Waals surface area contributed by atoms with E-state index in [0.29, 0.717) is 16.8 Å². The highest BCUT2D eigenvalue weighted by Gasteiger charge is 2.30. The molecule has 0 spiro atoms. The molecule has 0 heterocycles. The van der Waals surface area contributed by atoms with Gasteiger partial charge in [0.2, 0.25) is 0 Å². The molecule has 0 saturated heterocycles. The zero-order valence-electron chi connectivity index (χ0n) is 17.4. The standard InChI is InChI=1S/C22H17BrClF3N2O4S/c1-2-33-20-10-7-15(11-17(20)23)29-34(31,32)16-8-9-18(24)19(12-16)28-21(30)13-3-5-14(6-4-13)22(25,26)27/h3-12,29H,2H2,1H3,(H,28,30). The Morgan fingerprint density at radius 2 is 1.74 bits per heavy atom. The minimum absolute atomic E-state index is 0.0256. The first kappa shape index (κ1) is 25.9. The lowest BCUT2D eigenvalue weighted by Crippen LogP contribution is -2.16. The third kappa shape index (κ3) is 6.22. The maximum Gasteiger partial charge on any atom is 0.416 e. The third-order valence-electron chi connectivity index (χ3n) is 4.45. The first-order valence-electron chi connectivity index (χ1n) is 9.64. The molecule has 0 fully saturated rings. The number of hydrogen-bond acceptors (Lipinski definition) is 4. The predicted molar refractivity (Wildman–Crippen MR) is 127 cm³/mol. The Hall–Kier alpha value is -2.76. The maximum absolute atomic E-state index is 12.9. The van der Waals surface area contributed by atoms with Gasteiger partial charge in [-0.2, -0.15) is 13.2 Å². The maximum atomic E-state index is 12.9. The van der Waals surface area contributed by atoms with Gasteiger partial charge in [0.15, 0.2) is 0 Å². The minimum Gasteiger partial charge on any atom is -0.493 e. The van der Waals surface area contributed by atoms with Gasteiger partial charge in [-0.1, -0.05) is 11.6 Å². The van der Waals surface area contributed by atoms with E-state index >= 15 is 0 Å². The molecule has 12 heteroatoms. The molecule has 0 aliphatic heterocycles. The molecule has 3 rings (SSSR count). The van der Waals surface area contributed by atoms with Gasteiger partial charge in [-0.15, -0.1) is 0 Å². The first-order chi connectivity index (χ1) is 15.9. The molecule has 2 N–H and O–H groups in total. The van der Waals surface area contributed by atoms with E-state index in [1.807, 2.05) is 6.92 Å². The summed E-state index contributed by atoms with van der Waals surface area (Å²) in [5, 5.41) is 2.47. The molecular formula is C22H17BrClF3N2O4S. The smallest absolute Gasteiger partial charge is 0.416 e. The number of nitrogens with one attached hydrogen (secondary N) is 2. The van der Waals surface area contributed by atoms with Gasteiger partial charge in [0.05, 0.1) is 37.9 Å². The van der Waals surface area contributed by atoms with Crippen LogP contribution in [-0.4, -0.2) is 20.9 Å². The van der Waals surface area contributed by atoms with Crippen LogP contribution in [-0.2, 0) is 16.2 Å². The number of amides is 1. The van der Waals surface area contributed by atoms with Gasteiger partial charge >= 0.3 is 6.18 Å². The van der Waals surface area contributed by atoms with Crippen molar-refractivity contribution in [2.75, 3.05) is 16.6 Å². The molecular weight excluding hydrogens is 561 g/mol. The summed E-state index contributed by atoms with van der Waals surface area (Å²) >= 11 is 9.40. The van der Waals surface area contributed by atoms with E-state index in [4.69, 9.17) is 16.3 Å². The highest BCUT2D eigenvalue weighted by atomic mass is 79.9. The van der Waals surface area contributed by atoms with Crippen LogP contribution in [0.4, 0.5) is 24.5 Å². The van der Waals surface area contributed by atoms with Crippen LogP contribution in [0.1, 0.15) is 22.8 Å². The van der Waals surface area contributed by atoms with E-state index in [9.17, 15) is 26.4 Å². The summed E-state index contributed by atoms with van der Waals surface area (Å²) in [5.41, 5.74) is -0.722. The van der Waals surface area contributed by atoms with Crippen LogP contribution in [0.3, 0.4) is 0 Å². The van der Waals surface area contributed by atoms with Crippen molar-refractivity contribution < 1.29 is 31.1 Å². The zero-order chi connectivity index (χ0) is 25.1. The van der Waals surface area contributed by atoms with Crippen molar-refractivity contribution in [1.82, 2.24) is 0 Å². The van der Waals surface area contributed by atoms with Gasteiger partial charge in [0.25, 0.3) is 15.9 Å². The molecule has 0 saturated carbocycles. The van der Waals surface area contributed by atoms with Gasteiger partial charge in [-0.25, -0.2) is 8.42 Å². The fraction of sp³-hybridized carbons (Fsp3) is 0.136. The molecule has 0 radical (unpaired) electrons. The van der Waals surface area contributed by atoms with Gasteiger partial charge in [0.1, 0.15) is 5.75 Å². The molecule has 0 unspecified atom stereocenters. The average molecular weight is 578 g/mol. The topological polar surface area (TPSA) is 84.5 Å². The Labute approximate surface area is 207 Å². The summed E-state index contributed by atoms with van der Waals surface area (Å²) in [7, 11) is -4.06. The lowest BCUT2D eigenvalue weighted by Gasteiger charge is -2.13. The quantitative estimate of drug-likeness (QED) is 0.333. The van der Waals surface area contributed by atoms with Crippen molar-refractivity contribution in [2.45, 2.75) is 18.0 Å². The van der Waals surface area contributed by atoms with Crippen molar-refractivity contribution in [1.29, 1.82) is 0 Å². The second-order valence-corrected chi connectivity index (χ2v) is 9.80. The Bertz CT molecular complexity index is 1320.